The third-order valence-electron chi connectivity index (χ3n) is 8.05. The fraction of sp³-hybridized carbons (Fsp3) is 0.536. The second-order valence-corrected chi connectivity index (χ2v) is 11.6. The summed E-state index contributed by atoms with van der Waals surface area (Å²) in [7, 11) is 5.92. The second kappa shape index (κ2) is 11.5. The molecule has 2 bridgehead atoms. The molecular weight excluding hydrogens is 551 g/mol. The maximum absolute atomic E-state index is 13.6. The SMILES string of the molecule is Cc1cc(CNC(=O)C2N=C3N(CC4(COC(=O)N(C)C)CCC3(NC(=O)C(=O)N(C)C)CC4)C(=O)C2=O)ccc1F. The summed E-state index contributed by atoms with van der Waals surface area (Å²) < 4.78 is 19.1. The molecule has 1 atom stereocenters. The Bertz CT molecular complexity index is 1370. The van der Waals surface area contributed by atoms with E-state index in [1.54, 1.807) is 13.0 Å². The Kier molecular flexibility index (Phi) is 8.37. The number of ketones is 1. The average molecular weight is 587 g/mol. The molecule has 4 aliphatic rings. The molecule has 1 unspecified atom stereocenters. The van der Waals surface area contributed by atoms with E-state index in [4.69, 9.17) is 4.74 Å². The molecule has 226 valence electrons. The van der Waals surface area contributed by atoms with Crippen molar-refractivity contribution in [3.8, 4) is 0 Å². The van der Waals surface area contributed by atoms with Crippen LogP contribution >= 0.6 is 0 Å². The average Bonchev–Trinajstić information content (AvgIpc) is 3.16. The lowest BCUT2D eigenvalue weighted by Gasteiger charge is -2.42. The molecule has 5 amide bonds. The molecular formula is C28H35FN6O7. The number of carbonyl (C=O) groups excluding carboxylic acids is 6. The first-order valence-corrected chi connectivity index (χ1v) is 13.5. The number of fused-ring (bicyclic) bond motifs is 2. The molecule has 0 radical (unpaired) electrons. The lowest BCUT2D eigenvalue weighted by molar-refractivity contribution is -0.146. The van der Waals surface area contributed by atoms with E-state index < -0.39 is 58.3 Å². The van der Waals surface area contributed by atoms with Gasteiger partial charge in [0.15, 0.2) is 6.04 Å². The van der Waals surface area contributed by atoms with Crippen LogP contribution < -0.4 is 10.6 Å². The zero-order valence-corrected chi connectivity index (χ0v) is 24.3. The monoisotopic (exact) mass is 586 g/mol. The van der Waals surface area contributed by atoms with E-state index >= 15 is 0 Å². The highest BCUT2D eigenvalue weighted by Gasteiger charge is 2.58. The van der Waals surface area contributed by atoms with Gasteiger partial charge in [-0.25, -0.2) is 14.2 Å². The topological polar surface area (TPSA) is 158 Å². The van der Waals surface area contributed by atoms with Gasteiger partial charge in [-0.1, -0.05) is 12.1 Å². The lowest BCUT2D eigenvalue weighted by Crippen LogP contribution is -2.65. The van der Waals surface area contributed by atoms with Gasteiger partial charge < -0.3 is 25.2 Å². The Morgan fingerprint density at radius 2 is 1.74 bits per heavy atom. The van der Waals surface area contributed by atoms with E-state index in [-0.39, 0.29) is 38.4 Å². The highest BCUT2D eigenvalue weighted by atomic mass is 19.1. The molecule has 0 spiro atoms. The molecule has 1 aromatic carbocycles. The van der Waals surface area contributed by atoms with E-state index in [2.05, 4.69) is 15.6 Å². The number of amidine groups is 1. The number of hydrogen-bond acceptors (Lipinski definition) is 8. The highest BCUT2D eigenvalue weighted by molar-refractivity contribution is 6.46. The van der Waals surface area contributed by atoms with Crippen LogP contribution in [0.25, 0.3) is 0 Å². The standard InChI is InChI=1S/C28H35FN6O7/c1-16-12-17(6-7-18(16)29)13-30-21(37)19-20(36)23(39)35-14-27(15-42-26(41)34(4)5)8-10-28(11-9-27,25(35)31-19)32-22(38)24(40)33(2)3/h6-7,12,19H,8-11,13-15H2,1-5H3,(H,30,37)(H,32,38). The summed E-state index contributed by atoms with van der Waals surface area (Å²) in [4.78, 5) is 85.5. The van der Waals surface area contributed by atoms with E-state index in [1.807, 2.05) is 0 Å². The molecule has 3 aliphatic heterocycles. The fourth-order valence-corrected chi connectivity index (χ4v) is 5.52. The Morgan fingerprint density at radius 3 is 2.33 bits per heavy atom. The number of halogens is 1. The smallest absolute Gasteiger partial charge is 0.409 e. The van der Waals surface area contributed by atoms with Crippen LogP contribution in [0.5, 0.6) is 0 Å². The number of aliphatic imine (C=N–C) groups is 1. The van der Waals surface area contributed by atoms with Crippen LogP contribution in [-0.2, 0) is 35.3 Å². The molecule has 3 fully saturated rings. The van der Waals surface area contributed by atoms with Crippen molar-refractivity contribution in [2.24, 2.45) is 10.4 Å². The zero-order valence-electron chi connectivity index (χ0n) is 24.3. The summed E-state index contributed by atoms with van der Waals surface area (Å²) in [5, 5.41) is 5.34. The molecule has 2 N–H and O–H groups in total. The third kappa shape index (κ3) is 5.83. The molecule has 14 heteroatoms. The van der Waals surface area contributed by atoms with Crippen molar-refractivity contribution < 1.29 is 37.9 Å². The first-order valence-electron chi connectivity index (χ1n) is 13.5. The fourth-order valence-electron chi connectivity index (χ4n) is 5.52. The van der Waals surface area contributed by atoms with Crippen molar-refractivity contribution in [1.82, 2.24) is 25.3 Å². The minimum atomic E-state index is -1.72. The molecule has 1 saturated carbocycles. The quantitative estimate of drug-likeness (QED) is 0.355. The molecule has 2 saturated heterocycles. The van der Waals surface area contributed by atoms with E-state index in [0.29, 0.717) is 24.0 Å². The molecule has 13 nitrogen and oxygen atoms in total. The number of nitrogens with one attached hydrogen (secondary N) is 2. The van der Waals surface area contributed by atoms with Gasteiger partial charge in [0.05, 0.1) is 5.54 Å². The van der Waals surface area contributed by atoms with Gasteiger partial charge in [0.2, 0.25) is 0 Å². The van der Waals surface area contributed by atoms with E-state index in [1.165, 1.54) is 45.2 Å². The Labute approximate surface area is 242 Å². The molecule has 1 aliphatic carbocycles. The number of carbonyl (C=O) groups is 6. The first-order chi connectivity index (χ1) is 19.7. The van der Waals surface area contributed by atoms with Gasteiger partial charge in [-0.15, -0.1) is 0 Å². The number of aryl methyl sites for hydroxylation is 1. The van der Waals surface area contributed by atoms with Crippen LogP contribution in [0.4, 0.5) is 9.18 Å². The number of Topliss-reactive ketones (excluding diaryl/α,β-unsaturated/α-hetero) is 1. The maximum atomic E-state index is 13.6. The van der Waals surface area contributed by atoms with Gasteiger partial charge in [-0.2, -0.15) is 0 Å². The number of hydrogen-bond donors (Lipinski definition) is 2. The maximum Gasteiger partial charge on any atom is 0.409 e. The summed E-state index contributed by atoms with van der Waals surface area (Å²) in [6, 6.07) is 2.58. The number of ether oxygens (including phenoxy) is 1. The van der Waals surface area contributed by atoms with Crippen molar-refractivity contribution in [2.45, 2.75) is 50.7 Å². The van der Waals surface area contributed by atoms with Crippen molar-refractivity contribution in [3.05, 3.63) is 35.1 Å². The van der Waals surface area contributed by atoms with Crippen molar-refractivity contribution in [2.75, 3.05) is 41.3 Å². The number of likely N-dealkylation sites (N-methyl/N-ethyl adjacent to an activating group) is 1. The van der Waals surface area contributed by atoms with Crippen molar-refractivity contribution >= 4 is 41.3 Å². The molecule has 1 aromatic rings. The normalized spacial score (nSPS) is 24.7. The Balaban J connectivity index is 1.67. The Morgan fingerprint density at radius 1 is 1.07 bits per heavy atom. The minimum Gasteiger partial charge on any atom is -0.449 e. The lowest BCUT2D eigenvalue weighted by atomic mass is 9.69. The van der Waals surface area contributed by atoms with Gasteiger partial charge in [0, 0.05) is 46.7 Å². The minimum absolute atomic E-state index is 0.0168. The predicted molar refractivity (Wildman–Crippen MR) is 146 cm³/mol. The van der Waals surface area contributed by atoms with Crippen molar-refractivity contribution in [1.29, 1.82) is 0 Å². The summed E-state index contributed by atoms with van der Waals surface area (Å²) in [6.45, 7) is 1.47. The zero-order chi connectivity index (χ0) is 31.0. The summed E-state index contributed by atoms with van der Waals surface area (Å²) in [6.07, 6.45) is 0.625. The molecule has 3 heterocycles. The summed E-state index contributed by atoms with van der Waals surface area (Å²) >= 11 is 0. The molecule has 5 rings (SSSR count). The van der Waals surface area contributed by atoms with Crippen LogP contribution in [0.1, 0.15) is 36.8 Å². The summed E-state index contributed by atoms with van der Waals surface area (Å²) in [5.74, 6) is -5.00. The van der Waals surface area contributed by atoms with E-state index in [0.717, 1.165) is 9.80 Å². The number of benzene rings is 1. The predicted octanol–water partition coefficient (Wildman–Crippen LogP) is 0.144. The van der Waals surface area contributed by atoms with Gasteiger partial charge in [0.1, 0.15) is 18.3 Å². The van der Waals surface area contributed by atoms with Gasteiger partial charge >= 0.3 is 17.9 Å². The Hall–Kier alpha value is -4.36. The summed E-state index contributed by atoms with van der Waals surface area (Å²) in [5.41, 5.74) is -1.10. The molecule has 0 aromatic heterocycles. The first kappa shape index (κ1) is 30.6. The van der Waals surface area contributed by atoms with Crippen molar-refractivity contribution in [3.63, 3.8) is 0 Å². The molecule has 42 heavy (non-hydrogen) atoms. The number of amides is 5. The van der Waals surface area contributed by atoms with Gasteiger partial charge in [-0.05, 0) is 49.8 Å². The largest absolute Gasteiger partial charge is 0.449 e. The van der Waals surface area contributed by atoms with Crippen LogP contribution in [0.3, 0.4) is 0 Å². The van der Waals surface area contributed by atoms with Crippen LogP contribution in [0, 0.1) is 18.2 Å². The van der Waals surface area contributed by atoms with Crippen LogP contribution in [0.2, 0.25) is 0 Å². The highest BCUT2D eigenvalue weighted by Crippen LogP contribution is 2.47. The second-order valence-electron chi connectivity index (χ2n) is 11.6. The number of nitrogens with zero attached hydrogens (tertiary/aromatic N) is 4. The van der Waals surface area contributed by atoms with Gasteiger partial charge in [-0.3, -0.25) is 28.9 Å². The van der Waals surface area contributed by atoms with Gasteiger partial charge in [0.25, 0.3) is 17.6 Å². The number of rotatable bonds is 6. The van der Waals surface area contributed by atoms with Crippen LogP contribution in [-0.4, -0.2) is 109 Å². The third-order valence-corrected chi connectivity index (χ3v) is 8.05. The van der Waals surface area contributed by atoms with E-state index in [9.17, 15) is 33.2 Å². The van der Waals surface area contributed by atoms with Crippen LogP contribution in [0.15, 0.2) is 23.2 Å².